The fourth-order valence-electron chi connectivity index (χ4n) is 2.40. The van der Waals surface area contributed by atoms with Crippen molar-refractivity contribution in [3.8, 4) is 0 Å². The maximum absolute atomic E-state index is 12.2. The Morgan fingerprint density at radius 3 is 2.48 bits per heavy atom. The summed E-state index contributed by atoms with van der Waals surface area (Å²) in [5.41, 5.74) is 2.75. The Kier molecular flexibility index (Phi) is 3.24. The van der Waals surface area contributed by atoms with E-state index in [1.54, 1.807) is 0 Å². The van der Waals surface area contributed by atoms with Gasteiger partial charge in [0, 0.05) is 5.69 Å². The van der Waals surface area contributed by atoms with Gasteiger partial charge in [-0.3, -0.25) is 15.0 Å². The lowest BCUT2D eigenvalue weighted by Gasteiger charge is -2.23. The summed E-state index contributed by atoms with van der Waals surface area (Å²) in [6.07, 6.45) is 1.40. The predicted molar refractivity (Wildman–Crippen MR) is 81.6 cm³/mol. The minimum absolute atomic E-state index is 0.204. The van der Waals surface area contributed by atoms with Crippen LogP contribution in [0.5, 0.6) is 0 Å². The normalized spacial score (nSPS) is 15.7. The first-order valence-electron chi connectivity index (χ1n) is 6.94. The maximum Gasteiger partial charge on any atom is 0.253 e. The molecule has 0 radical (unpaired) electrons. The molecule has 23 heavy (non-hydrogen) atoms. The van der Waals surface area contributed by atoms with Crippen molar-refractivity contribution in [2.75, 3.05) is 10.7 Å². The Hall–Kier alpha value is -3.04. The van der Waals surface area contributed by atoms with Crippen molar-refractivity contribution in [3.63, 3.8) is 0 Å². The van der Waals surface area contributed by atoms with Gasteiger partial charge in [0.25, 0.3) is 5.66 Å². The number of ketones is 2. The summed E-state index contributed by atoms with van der Waals surface area (Å²) >= 11 is 0. The van der Waals surface area contributed by atoms with Gasteiger partial charge < -0.3 is 5.32 Å². The summed E-state index contributed by atoms with van der Waals surface area (Å²) < 4.78 is 2.95. The monoisotopic (exact) mass is 316 g/mol. The number of nitrogens with one attached hydrogen (secondary N) is 2. The molecule has 0 unspecified atom stereocenters. The number of carbonyl (C=O) groups is 2. The van der Waals surface area contributed by atoms with Crippen LogP contribution in [-0.2, 0) is 9.59 Å². The van der Waals surface area contributed by atoms with Crippen molar-refractivity contribution in [2.24, 2.45) is 4.99 Å². The third-order valence-corrected chi connectivity index (χ3v) is 3.56. The van der Waals surface area contributed by atoms with E-state index in [1.165, 1.54) is 29.5 Å². The van der Waals surface area contributed by atoms with E-state index in [9.17, 15) is 9.59 Å². The fraction of sp³-hybridized carbons (Fsp3) is 0.385. The van der Waals surface area contributed by atoms with Crippen LogP contribution >= 0.6 is 0 Å². The number of Topliss-reactive ketones (excluding diaryl/α,β-unsaturated/α-hetero) is 2. The highest BCUT2D eigenvalue weighted by molar-refractivity contribution is 6.14. The van der Waals surface area contributed by atoms with Crippen LogP contribution in [0.1, 0.15) is 25.2 Å². The number of aromatic nitrogens is 5. The molecular formula is C13H16N8O2. The zero-order chi connectivity index (χ0) is 16.8. The number of nitrogens with zero attached hydrogens (tertiary/aromatic N) is 6. The number of aryl methyl sites for hydroxylation is 2. The maximum atomic E-state index is 12.2. The molecule has 2 aromatic heterocycles. The molecule has 0 spiro atoms. The number of hydrogen-bond acceptors (Lipinski definition) is 8. The van der Waals surface area contributed by atoms with E-state index in [2.05, 4.69) is 31.0 Å². The highest BCUT2D eigenvalue weighted by Crippen LogP contribution is 2.21. The van der Waals surface area contributed by atoms with Gasteiger partial charge in [-0.05, 0) is 33.8 Å². The van der Waals surface area contributed by atoms with Crippen molar-refractivity contribution in [2.45, 2.75) is 33.4 Å². The first kappa shape index (κ1) is 14.9. The molecule has 1 aliphatic rings. The Bertz CT molecular complexity index is 817. The standard InChI is InChI=1S/C13H16N8O2/c1-7-5-8(2)21(18-7)12-16-13(9(3)22,10(4)23)15-11-17-14-6-20(11)19-12/h5-6H,1-4H3,(H,15,17)(H,16,19). The van der Waals surface area contributed by atoms with Gasteiger partial charge in [0.05, 0.1) is 5.69 Å². The summed E-state index contributed by atoms with van der Waals surface area (Å²) in [7, 11) is 0. The van der Waals surface area contributed by atoms with E-state index in [4.69, 9.17) is 0 Å². The predicted octanol–water partition coefficient (Wildman–Crippen LogP) is -0.161. The number of hydrogen-bond donors (Lipinski definition) is 2. The van der Waals surface area contributed by atoms with Crippen molar-refractivity contribution < 1.29 is 9.59 Å². The molecule has 0 amide bonds. The molecule has 0 atom stereocenters. The van der Waals surface area contributed by atoms with Gasteiger partial charge in [-0.25, -0.2) is 14.4 Å². The Balaban J connectivity index is 2.24. The summed E-state index contributed by atoms with van der Waals surface area (Å²) in [5.74, 6) is -0.493. The van der Waals surface area contributed by atoms with Gasteiger partial charge in [-0.2, -0.15) is 5.10 Å². The Labute approximate surface area is 131 Å². The molecule has 3 heterocycles. The van der Waals surface area contributed by atoms with E-state index >= 15 is 0 Å². The van der Waals surface area contributed by atoms with Gasteiger partial charge >= 0.3 is 0 Å². The smallest absolute Gasteiger partial charge is 0.253 e. The van der Waals surface area contributed by atoms with Crippen molar-refractivity contribution in [3.05, 3.63) is 23.8 Å². The van der Waals surface area contributed by atoms with Gasteiger partial charge in [0.1, 0.15) is 6.33 Å². The number of rotatable bonds is 2. The molecule has 3 rings (SSSR count). The number of aliphatic imine (C=N–C) groups is 1. The average Bonchev–Trinajstić information content (AvgIpc) is 2.98. The molecule has 2 N–H and O–H groups in total. The van der Waals surface area contributed by atoms with Crippen LogP contribution in [0.25, 0.3) is 0 Å². The highest BCUT2D eigenvalue weighted by Gasteiger charge is 2.44. The van der Waals surface area contributed by atoms with Crippen LogP contribution in [0.4, 0.5) is 5.95 Å². The molecule has 10 nitrogen and oxygen atoms in total. The van der Waals surface area contributed by atoms with E-state index in [0.717, 1.165) is 11.4 Å². The summed E-state index contributed by atoms with van der Waals surface area (Å²) in [6, 6.07) is 1.86. The van der Waals surface area contributed by atoms with Gasteiger partial charge in [0.2, 0.25) is 11.9 Å². The van der Waals surface area contributed by atoms with Crippen LogP contribution in [0, 0.1) is 13.8 Å². The van der Waals surface area contributed by atoms with E-state index < -0.39 is 17.2 Å². The average molecular weight is 316 g/mol. The zero-order valence-corrected chi connectivity index (χ0v) is 13.2. The molecule has 2 aromatic rings. The quantitative estimate of drug-likeness (QED) is 0.739. The first-order chi connectivity index (χ1) is 10.8. The Morgan fingerprint density at radius 2 is 1.91 bits per heavy atom. The largest absolute Gasteiger partial charge is 0.316 e. The lowest BCUT2D eigenvalue weighted by molar-refractivity contribution is -0.130. The first-order valence-corrected chi connectivity index (χ1v) is 6.94. The Morgan fingerprint density at radius 1 is 1.22 bits per heavy atom. The van der Waals surface area contributed by atoms with Crippen LogP contribution in [0.2, 0.25) is 0 Å². The van der Waals surface area contributed by atoms with Gasteiger partial charge in [0.15, 0.2) is 11.6 Å². The van der Waals surface area contributed by atoms with Gasteiger partial charge in [-0.1, -0.05) is 0 Å². The molecular weight excluding hydrogens is 300 g/mol. The topological polar surface area (TPSA) is 119 Å². The fourth-order valence-corrected chi connectivity index (χ4v) is 2.40. The van der Waals surface area contributed by atoms with Crippen LogP contribution in [-0.4, -0.2) is 47.8 Å². The number of fused-ring (bicyclic) bond motifs is 1. The SMILES string of the molecule is CC(=O)C1(C(C)=O)N=C(n2nc(C)cc2C)Nn2cnnc2N1. The third-order valence-electron chi connectivity index (χ3n) is 3.56. The molecule has 1 aliphatic heterocycles. The molecule has 0 aliphatic carbocycles. The molecule has 0 fully saturated rings. The van der Waals surface area contributed by atoms with Crippen LogP contribution in [0.15, 0.2) is 17.4 Å². The highest BCUT2D eigenvalue weighted by atomic mass is 16.2. The summed E-state index contributed by atoms with van der Waals surface area (Å²) in [4.78, 5) is 28.8. The lowest BCUT2D eigenvalue weighted by Crippen LogP contribution is -2.50. The summed E-state index contributed by atoms with van der Waals surface area (Å²) in [6.45, 7) is 6.27. The van der Waals surface area contributed by atoms with Crippen molar-refractivity contribution >= 4 is 23.5 Å². The molecule has 0 saturated carbocycles. The second kappa shape index (κ2) is 5.00. The van der Waals surface area contributed by atoms with E-state index in [1.807, 2.05) is 19.9 Å². The second-order valence-electron chi connectivity index (χ2n) is 5.36. The molecule has 10 heteroatoms. The van der Waals surface area contributed by atoms with Crippen molar-refractivity contribution in [1.82, 2.24) is 24.7 Å². The molecule has 120 valence electrons. The number of carbonyl (C=O) groups excluding carboxylic acids is 2. The van der Waals surface area contributed by atoms with Crippen molar-refractivity contribution in [1.29, 1.82) is 0 Å². The van der Waals surface area contributed by atoms with Crippen LogP contribution < -0.4 is 10.7 Å². The second-order valence-corrected chi connectivity index (χ2v) is 5.36. The van der Waals surface area contributed by atoms with Gasteiger partial charge in [-0.15, -0.1) is 10.2 Å². The summed E-state index contributed by atoms with van der Waals surface area (Å²) in [5, 5.41) is 14.7. The molecule has 0 bridgehead atoms. The minimum Gasteiger partial charge on any atom is -0.316 e. The number of anilines is 1. The molecule has 0 saturated heterocycles. The zero-order valence-electron chi connectivity index (χ0n) is 13.2. The third kappa shape index (κ3) is 2.28. The minimum atomic E-state index is -1.78. The molecule has 0 aromatic carbocycles. The lowest BCUT2D eigenvalue weighted by atomic mass is 10.0. The van der Waals surface area contributed by atoms with E-state index in [0.29, 0.717) is 0 Å². The van der Waals surface area contributed by atoms with Crippen LogP contribution in [0.3, 0.4) is 0 Å². The van der Waals surface area contributed by atoms with E-state index in [-0.39, 0.29) is 11.9 Å².